The van der Waals surface area contributed by atoms with E-state index in [4.69, 9.17) is 18.6 Å². The molecule has 6 rings (SSSR count). The van der Waals surface area contributed by atoms with Crippen molar-refractivity contribution in [3.8, 4) is 11.1 Å². The lowest BCUT2D eigenvalue weighted by Crippen LogP contribution is -2.41. The Hall–Kier alpha value is -2.37. The van der Waals surface area contributed by atoms with Crippen molar-refractivity contribution in [3.05, 3.63) is 81.4 Å². The second-order valence-electron chi connectivity index (χ2n) is 15.2. The van der Waals surface area contributed by atoms with Gasteiger partial charge in [0.2, 0.25) is 0 Å². The number of benzene rings is 3. The zero-order valence-electron chi connectivity index (χ0n) is 27.8. The third-order valence-electron chi connectivity index (χ3n) is 11.0. The van der Waals surface area contributed by atoms with Gasteiger partial charge in [-0.2, -0.15) is 0 Å². The average Bonchev–Trinajstić information content (AvgIpc) is 3.31. The van der Waals surface area contributed by atoms with Crippen LogP contribution in [0.1, 0.15) is 101 Å². The van der Waals surface area contributed by atoms with E-state index in [0.29, 0.717) is 0 Å². The Balaban J connectivity index is 1.57. The molecule has 2 aliphatic heterocycles. The van der Waals surface area contributed by atoms with Gasteiger partial charge in [0.1, 0.15) is 0 Å². The zero-order valence-corrected chi connectivity index (χ0v) is 27.8. The van der Waals surface area contributed by atoms with E-state index in [9.17, 15) is 0 Å². The van der Waals surface area contributed by atoms with Gasteiger partial charge in [0, 0.05) is 5.41 Å². The number of hydrogen-bond donors (Lipinski definition) is 0. The van der Waals surface area contributed by atoms with E-state index in [1.165, 1.54) is 50.1 Å². The molecule has 0 N–H and O–H groups in total. The molecule has 0 unspecified atom stereocenters. The lowest BCUT2D eigenvalue weighted by molar-refractivity contribution is 0.00578. The fraction of sp³-hybridized carbons (Fsp3) is 0.500. The molecule has 42 heavy (non-hydrogen) atoms. The van der Waals surface area contributed by atoms with Crippen molar-refractivity contribution >= 4 is 25.2 Å². The minimum absolute atomic E-state index is 0.389. The first-order chi connectivity index (χ1) is 19.3. The van der Waals surface area contributed by atoms with E-state index in [-0.39, 0.29) is 5.41 Å². The van der Waals surface area contributed by atoms with Crippen LogP contribution in [0.5, 0.6) is 0 Å². The second-order valence-corrected chi connectivity index (χ2v) is 15.2. The van der Waals surface area contributed by atoms with Crippen LogP contribution in [-0.2, 0) is 24.0 Å². The van der Waals surface area contributed by atoms with Crippen LogP contribution in [0.3, 0.4) is 0 Å². The summed E-state index contributed by atoms with van der Waals surface area (Å²) in [7, 11) is -0.843. The fourth-order valence-corrected chi connectivity index (χ4v) is 6.89. The SMILES string of the molecule is Cc1cc(C)cc(C2(C)c3cc(B4OC(C)(C)C(C)(C)O4)c(C)cc3-c3cc(C)c(B4OC(C)(C)C(C)(C)O4)cc32)c1. The van der Waals surface area contributed by atoms with Gasteiger partial charge in [-0.25, -0.2) is 0 Å². The normalized spacial score (nSPS) is 22.4. The van der Waals surface area contributed by atoms with Crippen molar-refractivity contribution in [3.63, 3.8) is 0 Å². The molecule has 3 aliphatic rings. The van der Waals surface area contributed by atoms with Gasteiger partial charge in [-0.15, -0.1) is 0 Å². The summed E-state index contributed by atoms with van der Waals surface area (Å²) in [5.41, 5.74) is 11.4. The Morgan fingerprint density at radius 2 is 0.786 bits per heavy atom. The summed E-state index contributed by atoms with van der Waals surface area (Å²) < 4.78 is 26.3. The minimum atomic E-state index is -0.422. The maximum atomic E-state index is 6.57. The van der Waals surface area contributed by atoms with Crippen LogP contribution in [0, 0.1) is 27.7 Å². The van der Waals surface area contributed by atoms with Gasteiger partial charge in [-0.3, -0.25) is 0 Å². The van der Waals surface area contributed by atoms with Gasteiger partial charge in [0.15, 0.2) is 0 Å². The van der Waals surface area contributed by atoms with Crippen molar-refractivity contribution in [2.45, 2.75) is 118 Å². The van der Waals surface area contributed by atoms with Crippen LogP contribution in [0.2, 0.25) is 0 Å². The van der Waals surface area contributed by atoms with E-state index >= 15 is 0 Å². The van der Waals surface area contributed by atoms with Gasteiger partial charge < -0.3 is 18.6 Å². The summed E-state index contributed by atoms with van der Waals surface area (Å²) in [6, 6.07) is 16.3. The highest BCUT2D eigenvalue weighted by Gasteiger charge is 2.54. The highest BCUT2D eigenvalue weighted by molar-refractivity contribution is 6.63. The Bertz CT molecular complexity index is 1470. The van der Waals surface area contributed by atoms with Crippen LogP contribution < -0.4 is 10.9 Å². The van der Waals surface area contributed by atoms with Crippen molar-refractivity contribution in [2.24, 2.45) is 0 Å². The molecule has 2 heterocycles. The first-order valence-corrected chi connectivity index (χ1v) is 15.4. The molecule has 2 fully saturated rings. The topological polar surface area (TPSA) is 36.9 Å². The molecule has 1 aliphatic carbocycles. The molecule has 3 aromatic rings. The molecule has 0 aromatic heterocycles. The molecule has 0 bridgehead atoms. The highest BCUT2D eigenvalue weighted by Crippen LogP contribution is 2.53. The van der Waals surface area contributed by atoms with Crippen LogP contribution in [0.15, 0.2) is 42.5 Å². The van der Waals surface area contributed by atoms with E-state index < -0.39 is 36.6 Å². The third-order valence-corrected chi connectivity index (χ3v) is 11.0. The van der Waals surface area contributed by atoms with Crippen LogP contribution >= 0.6 is 0 Å². The average molecular weight is 564 g/mol. The van der Waals surface area contributed by atoms with Gasteiger partial charge in [0.25, 0.3) is 0 Å². The molecule has 0 radical (unpaired) electrons. The molecular weight excluding hydrogens is 518 g/mol. The summed E-state index contributed by atoms with van der Waals surface area (Å²) >= 11 is 0. The molecule has 0 spiro atoms. The monoisotopic (exact) mass is 564 g/mol. The maximum absolute atomic E-state index is 6.57. The first kappa shape index (κ1) is 29.7. The second kappa shape index (κ2) is 9.08. The Morgan fingerprint density at radius 3 is 1.12 bits per heavy atom. The molecular formula is C36H46B2O4. The number of hydrogen-bond acceptors (Lipinski definition) is 4. The van der Waals surface area contributed by atoms with E-state index in [2.05, 4.69) is 132 Å². The minimum Gasteiger partial charge on any atom is -0.399 e. The summed E-state index contributed by atoms with van der Waals surface area (Å²) in [5, 5.41) is 0. The fourth-order valence-electron chi connectivity index (χ4n) is 6.89. The summed E-state index contributed by atoms with van der Waals surface area (Å²) in [6.07, 6.45) is 0. The van der Waals surface area contributed by atoms with Crippen molar-refractivity contribution in [1.29, 1.82) is 0 Å². The highest BCUT2D eigenvalue weighted by atomic mass is 16.7. The summed E-state index contributed by atoms with van der Waals surface area (Å²) in [5.74, 6) is 0. The maximum Gasteiger partial charge on any atom is 0.495 e. The van der Waals surface area contributed by atoms with Crippen LogP contribution in [-0.4, -0.2) is 36.6 Å². The number of aryl methyl sites for hydroxylation is 4. The van der Waals surface area contributed by atoms with Gasteiger partial charge in [0.05, 0.1) is 22.4 Å². The van der Waals surface area contributed by atoms with Crippen molar-refractivity contribution in [1.82, 2.24) is 0 Å². The molecule has 3 aromatic carbocycles. The van der Waals surface area contributed by atoms with E-state index in [1.54, 1.807) is 0 Å². The van der Waals surface area contributed by atoms with Gasteiger partial charge >= 0.3 is 14.2 Å². The summed E-state index contributed by atoms with van der Waals surface area (Å²) in [6.45, 7) is 28.0. The quantitative estimate of drug-likeness (QED) is 0.326. The van der Waals surface area contributed by atoms with Crippen molar-refractivity contribution < 1.29 is 18.6 Å². The smallest absolute Gasteiger partial charge is 0.399 e. The Kier molecular flexibility index (Phi) is 6.42. The van der Waals surface area contributed by atoms with E-state index in [1.807, 2.05) is 0 Å². The van der Waals surface area contributed by atoms with Crippen LogP contribution in [0.4, 0.5) is 0 Å². The molecule has 2 saturated heterocycles. The lowest BCUT2D eigenvalue weighted by atomic mass is 9.68. The summed E-state index contributed by atoms with van der Waals surface area (Å²) in [4.78, 5) is 0. The zero-order chi connectivity index (χ0) is 30.8. The Labute approximate surface area is 253 Å². The standard InChI is InChI=1S/C36H46B2O4/c1-21-14-22(2)16-25(15-21)36(13)28-19-30(37-39-32(5,6)33(7,8)40-37)23(3)17-26(28)27-18-24(4)31(20-29(27)36)38-41-34(9,10)35(11,12)42-38/h14-20H,1-13H3. The third kappa shape index (κ3) is 4.20. The van der Waals surface area contributed by atoms with Crippen LogP contribution in [0.25, 0.3) is 11.1 Å². The molecule has 0 amide bonds. The first-order valence-electron chi connectivity index (χ1n) is 15.4. The molecule has 220 valence electrons. The van der Waals surface area contributed by atoms with Gasteiger partial charge in [-0.05, 0) is 129 Å². The predicted octanol–water partition coefficient (Wildman–Crippen LogP) is 6.85. The Morgan fingerprint density at radius 1 is 0.452 bits per heavy atom. The largest absolute Gasteiger partial charge is 0.495 e. The van der Waals surface area contributed by atoms with Gasteiger partial charge in [-0.1, -0.05) is 64.7 Å². The molecule has 6 heteroatoms. The molecule has 0 saturated carbocycles. The predicted molar refractivity (Wildman–Crippen MR) is 174 cm³/mol. The van der Waals surface area contributed by atoms with Crippen molar-refractivity contribution in [2.75, 3.05) is 0 Å². The van der Waals surface area contributed by atoms with E-state index in [0.717, 1.165) is 10.9 Å². The molecule has 4 nitrogen and oxygen atoms in total. The number of rotatable bonds is 3. The lowest BCUT2D eigenvalue weighted by Gasteiger charge is -2.32. The molecule has 0 atom stereocenters. The number of fused-ring (bicyclic) bond motifs is 3.